The Morgan fingerprint density at radius 3 is 2.64 bits per heavy atom. The van der Waals surface area contributed by atoms with E-state index in [2.05, 4.69) is 4.98 Å². The van der Waals surface area contributed by atoms with Crippen molar-refractivity contribution in [2.75, 3.05) is 18.6 Å². The molecule has 1 aromatic heterocycles. The summed E-state index contributed by atoms with van der Waals surface area (Å²) >= 11 is 1.36. The number of fused-ring (bicyclic) bond motifs is 1. The minimum absolute atomic E-state index is 0.00567. The molecule has 9 heteroatoms. The highest BCUT2D eigenvalue weighted by atomic mass is 32.2. The number of rotatable bonds is 6. The fraction of sp³-hybridized carbons (Fsp3) is 0.438. The molecule has 136 valence electrons. The second kappa shape index (κ2) is 7.90. The van der Waals surface area contributed by atoms with Crippen molar-refractivity contribution in [1.29, 1.82) is 0 Å². The van der Waals surface area contributed by atoms with Crippen molar-refractivity contribution >= 4 is 28.6 Å². The summed E-state index contributed by atoms with van der Waals surface area (Å²) in [4.78, 5) is 28.6. The van der Waals surface area contributed by atoms with Gasteiger partial charge in [-0.2, -0.15) is 24.9 Å². The van der Waals surface area contributed by atoms with Crippen molar-refractivity contribution in [3.63, 3.8) is 0 Å². The van der Waals surface area contributed by atoms with Gasteiger partial charge in [-0.1, -0.05) is 12.1 Å². The van der Waals surface area contributed by atoms with Crippen LogP contribution in [0.25, 0.3) is 10.9 Å². The molecule has 0 aliphatic carbocycles. The lowest BCUT2D eigenvalue weighted by atomic mass is 10.2. The first-order valence-corrected chi connectivity index (χ1v) is 8.94. The lowest BCUT2D eigenvalue weighted by Gasteiger charge is -2.22. The van der Waals surface area contributed by atoms with Crippen LogP contribution in [0.3, 0.4) is 0 Å². The molecular weight excluding hydrogens is 357 g/mol. The second-order valence-corrected chi connectivity index (χ2v) is 6.16. The van der Waals surface area contributed by atoms with Crippen molar-refractivity contribution < 1.29 is 22.7 Å². The normalized spacial score (nSPS) is 13.0. The summed E-state index contributed by atoms with van der Waals surface area (Å²) in [7, 11) is 0. The maximum absolute atomic E-state index is 13.5. The van der Waals surface area contributed by atoms with E-state index in [1.807, 2.05) is 0 Å². The number of alkyl halides is 3. The number of aromatic nitrogens is 2. The molecule has 0 radical (unpaired) electrons. The first-order chi connectivity index (χ1) is 11.8. The highest BCUT2D eigenvalue weighted by molar-refractivity contribution is 7.98. The summed E-state index contributed by atoms with van der Waals surface area (Å²) < 4.78 is 45.8. The van der Waals surface area contributed by atoms with Crippen molar-refractivity contribution in [2.45, 2.75) is 25.6 Å². The molecule has 1 unspecified atom stereocenters. The molecule has 0 saturated carbocycles. The summed E-state index contributed by atoms with van der Waals surface area (Å²) in [6.07, 6.45) is -3.09. The number of carbonyl (C=O) groups excluding carboxylic acids is 1. The summed E-state index contributed by atoms with van der Waals surface area (Å²) in [5.74, 6) is -1.88. The molecule has 0 aliphatic rings. The van der Waals surface area contributed by atoms with Gasteiger partial charge in [0, 0.05) is 0 Å². The molecule has 25 heavy (non-hydrogen) atoms. The van der Waals surface area contributed by atoms with Gasteiger partial charge in [0.05, 0.1) is 17.5 Å². The number of hydrogen-bond donors (Lipinski definition) is 0. The Balaban J connectivity index is 2.76. The van der Waals surface area contributed by atoms with Gasteiger partial charge in [0.25, 0.3) is 5.56 Å². The summed E-state index contributed by atoms with van der Waals surface area (Å²) in [5, 5.41) is 0.0222. The van der Waals surface area contributed by atoms with E-state index < -0.39 is 29.6 Å². The topological polar surface area (TPSA) is 61.2 Å². The van der Waals surface area contributed by atoms with Gasteiger partial charge in [0.2, 0.25) is 5.82 Å². The van der Waals surface area contributed by atoms with Gasteiger partial charge < -0.3 is 4.74 Å². The summed E-state index contributed by atoms with van der Waals surface area (Å²) in [6.45, 7) is 1.56. The van der Waals surface area contributed by atoms with Gasteiger partial charge in [-0.05, 0) is 37.5 Å². The molecule has 0 bridgehead atoms. The average molecular weight is 374 g/mol. The number of ether oxygens (including phenoxy) is 1. The van der Waals surface area contributed by atoms with Crippen LogP contribution in [-0.2, 0) is 15.7 Å². The minimum atomic E-state index is -4.88. The van der Waals surface area contributed by atoms with Gasteiger partial charge >= 0.3 is 12.1 Å². The van der Waals surface area contributed by atoms with Gasteiger partial charge in [0.15, 0.2) is 0 Å². The first-order valence-electron chi connectivity index (χ1n) is 7.55. The number of hydrogen-bond acceptors (Lipinski definition) is 5. The monoisotopic (exact) mass is 374 g/mol. The number of thioether (sulfide) groups is 1. The molecule has 0 saturated heterocycles. The number of carbonyl (C=O) groups is 1. The third kappa shape index (κ3) is 4.15. The van der Waals surface area contributed by atoms with Crippen LogP contribution in [0.15, 0.2) is 29.1 Å². The zero-order chi connectivity index (χ0) is 18.6. The van der Waals surface area contributed by atoms with Gasteiger partial charge in [0.1, 0.15) is 6.04 Å². The van der Waals surface area contributed by atoms with Crippen LogP contribution in [0.4, 0.5) is 13.2 Å². The van der Waals surface area contributed by atoms with Crippen LogP contribution in [0.2, 0.25) is 0 Å². The molecule has 1 heterocycles. The fourth-order valence-corrected chi connectivity index (χ4v) is 2.91. The zero-order valence-electron chi connectivity index (χ0n) is 13.7. The molecule has 2 rings (SSSR count). The number of benzene rings is 1. The van der Waals surface area contributed by atoms with E-state index in [9.17, 15) is 22.8 Å². The highest BCUT2D eigenvalue weighted by Gasteiger charge is 2.40. The zero-order valence-corrected chi connectivity index (χ0v) is 14.5. The molecule has 0 spiro atoms. The SMILES string of the molecule is CCOC(=O)C(CCSC)n1c(C(F)(F)F)nc2ccccc2c1=O. The van der Waals surface area contributed by atoms with Crippen molar-refractivity contribution in [3.05, 3.63) is 40.4 Å². The smallest absolute Gasteiger partial charge is 0.449 e. The van der Waals surface area contributed by atoms with E-state index in [0.717, 1.165) is 0 Å². The first kappa shape index (κ1) is 19.3. The standard InChI is InChI=1S/C16H17F3N2O3S/c1-3-24-14(23)12(8-9-25-2)21-13(22)10-6-4-5-7-11(10)20-15(21)16(17,18)19/h4-7,12H,3,8-9H2,1-2H3. The number of esters is 1. The van der Waals surface area contributed by atoms with Crippen LogP contribution in [0.1, 0.15) is 25.2 Å². The van der Waals surface area contributed by atoms with E-state index in [-0.39, 0.29) is 23.9 Å². The van der Waals surface area contributed by atoms with Crippen molar-refractivity contribution in [3.8, 4) is 0 Å². The van der Waals surface area contributed by atoms with Crippen molar-refractivity contribution in [1.82, 2.24) is 9.55 Å². The number of para-hydroxylation sites is 1. The Morgan fingerprint density at radius 1 is 1.36 bits per heavy atom. The summed E-state index contributed by atoms with van der Waals surface area (Å²) in [6, 6.07) is 4.36. The lowest BCUT2D eigenvalue weighted by Crippen LogP contribution is -2.37. The van der Waals surface area contributed by atoms with E-state index in [0.29, 0.717) is 10.3 Å². The third-order valence-electron chi connectivity index (χ3n) is 3.53. The van der Waals surface area contributed by atoms with Crippen LogP contribution in [0, 0.1) is 0 Å². The third-order valence-corrected chi connectivity index (χ3v) is 4.17. The molecule has 0 amide bonds. The van der Waals surface area contributed by atoms with E-state index in [1.165, 1.54) is 36.0 Å². The molecule has 2 aromatic rings. The van der Waals surface area contributed by atoms with Crippen LogP contribution >= 0.6 is 11.8 Å². The Bertz CT molecular complexity index is 820. The van der Waals surface area contributed by atoms with Crippen LogP contribution < -0.4 is 5.56 Å². The van der Waals surface area contributed by atoms with E-state index in [4.69, 9.17) is 4.74 Å². The molecule has 0 N–H and O–H groups in total. The maximum Gasteiger partial charge on any atom is 0.449 e. The van der Waals surface area contributed by atoms with Crippen molar-refractivity contribution in [2.24, 2.45) is 0 Å². The maximum atomic E-state index is 13.5. The highest BCUT2D eigenvalue weighted by Crippen LogP contribution is 2.31. The Kier molecular flexibility index (Phi) is 6.10. The second-order valence-electron chi connectivity index (χ2n) is 5.17. The van der Waals surface area contributed by atoms with Crippen LogP contribution in [0.5, 0.6) is 0 Å². The van der Waals surface area contributed by atoms with Gasteiger partial charge in [-0.15, -0.1) is 0 Å². The minimum Gasteiger partial charge on any atom is -0.464 e. The molecule has 0 fully saturated rings. The number of nitrogens with zero attached hydrogens (tertiary/aromatic N) is 2. The molecule has 0 aliphatic heterocycles. The largest absolute Gasteiger partial charge is 0.464 e. The molecule has 1 aromatic carbocycles. The molecule has 1 atom stereocenters. The fourth-order valence-electron chi connectivity index (χ4n) is 2.46. The Morgan fingerprint density at radius 2 is 2.04 bits per heavy atom. The average Bonchev–Trinajstić information content (AvgIpc) is 2.56. The summed E-state index contributed by atoms with van der Waals surface area (Å²) in [5.41, 5.74) is -0.972. The molecule has 5 nitrogen and oxygen atoms in total. The van der Waals surface area contributed by atoms with Gasteiger partial charge in [-0.3, -0.25) is 9.36 Å². The Hall–Kier alpha value is -2.03. The number of halogens is 3. The Labute approximate surface area is 146 Å². The van der Waals surface area contributed by atoms with Crippen LogP contribution in [-0.4, -0.2) is 34.1 Å². The van der Waals surface area contributed by atoms with E-state index >= 15 is 0 Å². The lowest BCUT2D eigenvalue weighted by molar-refractivity contribution is -0.154. The van der Waals surface area contributed by atoms with E-state index in [1.54, 1.807) is 13.2 Å². The predicted molar refractivity (Wildman–Crippen MR) is 89.7 cm³/mol. The quantitative estimate of drug-likeness (QED) is 0.727. The predicted octanol–water partition coefficient (Wildman–Crippen LogP) is 3.27. The van der Waals surface area contributed by atoms with Gasteiger partial charge in [-0.25, -0.2) is 9.78 Å². The molecular formula is C16H17F3N2O3S.